The number of rotatable bonds is 2. The zero-order chi connectivity index (χ0) is 13.4. The van der Waals surface area contributed by atoms with E-state index < -0.39 is 0 Å². The van der Waals surface area contributed by atoms with Gasteiger partial charge in [-0.2, -0.15) is 0 Å². The number of fused-ring (bicyclic) bond motifs is 1. The van der Waals surface area contributed by atoms with Crippen LogP contribution < -0.4 is 11.1 Å². The third kappa shape index (κ3) is 2.55. The Hall–Kier alpha value is -1.65. The highest BCUT2D eigenvalue weighted by atomic mass is 35.5. The maximum atomic E-state index is 11.3. The fourth-order valence-electron chi connectivity index (χ4n) is 1.99. The molecule has 1 heterocycles. The van der Waals surface area contributed by atoms with Crippen LogP contribution in [0.15, 0.2) is 46.2 Å². The average Bonchev–Trinajstić information content (AvgIpc) is 2.72. The van der Waals surface area contributed by atoms with Crippen molar-refractivity contribution in [2.75, 3.05) is 11.1 Å². The molecule has 0 spiro atoms. The predicted octanol–water partition coefficient (Wildman–Crippen LogP) is 3.57. The fraction of sp³-hybridized carbons (Fsp3) is 0.0714. The maximum absolute atomic E-state index is 11.3. The minimum absolute atomic E-state index is 0.0167. The largest absolute Gasteiger partial charge is 0.398 e. The summed E-state index contributed by atoms with van der Waals surface area (Å²) in [6, 6.07) is 11.4. The van der Waals surface area contributed by atoms with Crippen LogP contribution in [0.25, 0.3) is 0 Å². The number of nitrogens with two attached hydrogens (primary N) is 1. The SMILES string of the molecule is Nc1cc2c(cc1Sc1ccc(Cl)cc1)NC(=O)C2. The molecular formula is C14H11ClN2OS. The van der Waals surface area contributed by atoms with Gasteiger partial charge in [0.05, 0.1) is 6.42 Å². The number of halogens is 1. The molecule has 2 aromatic rings. The molecule has 0 aliphatic carbocycles. The molecule has 0 aromatic heterocycles. The molecule has 1 aliphatic rings. The molecule has 0 radical (unpaired) electrons. The van der Waals surface area contributed by atoms with Crippen LogP contribution in [0.3, 0.4) is 0 Å². The van der Waals surface area contributed by atoms with E-state index in [4.69, 9.17) is 17.3 Å². The number of carbonyl (C=O) groups excluding carboxylic acids is 1. The summed E-state index contributed by atoms with van der Waals surface area (Å²) < 4.78 is 0. The van der Waals surface area contributed by atoms with Crippen molar-refractivity contribution in [1.82, 2.24) is 0 Å². The average molecular weight is 291 g/mol. The minimum Gasteiger partial charge on any atom is -0.398 e. The Morgan fingerprint density at radius 2 is 1.95 bits per heavy atom. The second-order valence-corrected chi connectivity index (χ2v) is 5.88. The lowest BCUT2D eigenvalue weighted by molar-refractivity contribution is -0.115. The van der Waals surface area contributed by atoms with Crippen LogP contribution in [-0.4, -0.2) is 5.91 Å². The topological polar surface area (TPSA) is 55.1 Å². The van der Waals surface area contributed by atoms with Gasteiger partial charge < -0.3 is 11.1 Å². The van der Waals surface area contributed by atoms with Crippen molar-refractivity contribution < 1.29 is 4.79 Å². The first-order valence-corrected chi connectivity index (χ1v) is 6.97. The van der Waals surface area contributed by atoms with Crippen molar-refractivity contribution in [3.63, 3.8) is 0 Å². The molecule has 3 rings (SSSR count). The van der Waals surface area contributed by atoms with Gasteiger partial charge in [-0.3, -0.25) is 4.79 Å². The maximum Gasteiger partial charge on any atom is 0.228 e. The summed E-state index contributed by atoms with van der Waals surface area (Å²) in [4.78, 5) is 13.3. The van der Waals surface area contributed by atoms with E-state index in [1.165, 1.54) is 0 Å². The Balaban J connectivity index is 1.91. The van der Waals surface area contributed by atoms with Crippen LogP contribution in [0.4, 0.5) is 11.4 Å². The van der Waals surface area contributed by atoms with Crippen molar-refractivity contribution in [2.45, 2.75) is 16.2 Å². The first-order valence-electron chi connectivity index (χ1n) is 5.77. The summed E-state index contributed by atoms with van der Waals surface area (Å²) in [5, 5.41) is 3.54. The summed E-state index contributed by atoms with van der Waals surface area (Å²) in [5.74, 6) is 0.0167. The number of benzene rings is 2. The van der Waals surface area contributed by atoms with Gasteiger partial charge in [0.15, 0.2) is 0 Å². The molecule has 0 saturated heterocycles. The quantitative estimate of drug-likeness (QED) is 0.832. The predicted molar refractivity (Wildman–Crippen MR) is 78.8 cm³/mol. The molecule has 0 fully saturated rings. The van der Waals surface area contributed by atoms with E-state index >= 15 is 0 Å². The Kier molecular flexibility index (Phi) is 3.12. The van der Waals surface area contributed by atoms with Gasteiger partial charge in [0.2, 0.25) is 5.91 Å². The van der Waals surface area contributed by atoms with E-state index in [1.54, 1.807) is 11.8 Å². The second kappa shape index (κ2) is 4.79. The van der Waals surface area contributed by atoms with Gasteiger partial charge in [-0.1, -0.05) is 23.4 Å². The monoisotopic (exact) mass is 290 g/mol. The van der Waals surface area contributed by atoms with E-state index in [0.29, 0.717) is 17.1 Å². The van der Waals surface area contributed by atoms with Gasteiger partial charge in [-0.05, 0) is 42.0 Å². The lowest BCUT2D eigenvalue weighted by Crippen LogP contribution is -2.03. The van der Waals surface area contributed by atoms with Gasteiger partial charge >= 0.3 is 0 Å². The number of carbonyl (C=O) groups is 1. The summed E-state index contributed by atoms with van der Waals surface area (Å²) in [5.41, 5.74) is 8.54. The third-order valence-corrected chi connectivity index (χ3v) is 4.24. The highest BCUT2D eigenvalue weighted by molar-refractivity contribution is 7.99. The van der Waals surface area contributed by atoms with E-state index in [-0.39, 0.29) is 5.91 Å². The van der Waals surface area contributed by atoms with Gasteiger partial charge in [-0.25, -0.2) is 0 Å². The number of nitrogen functional groups attached to an aromatic ring is 1. The molecule has 0 saturated carbocycles. The molecule has 3 N–H and O–H groups in total. The van der Waals surface area contributed by atoms with Crippen LogP contribution in [0, 0.1) is 0 Å². The smallest absolute Gasteiger partial charge is 0.228 e. The lowest BCUT2D eigenvalue weighted by atomic mass is 10.1. The van der Waals surface area contributed by atoms with Crippen molar-refractivity contribution in [1.29, 1.82) is 0 Å². The first kappa shape index (κ1) is 12.4. The highest BCUT2D eigenvalue weighted by Crippen LogP contribution is 2.37. The molecule has 2 aromatic carbocycles. The number of hydrogen-bond donors (Lipinski definition) is 2. The summed E-state index contributed by atoms with van der Waals surface area (Å²) in [7, 11) is 0. The Bertz CT molecular complexity index is 655. The molecule has 1 aliphatic heterocycles. The van der Waals surface area contributed by atoms with Crippen LogP contribution in [0.2, 0.25) is 5.02 Å². The van der Waals surface area contributed by atoms with Gasteiger partial charge in [0.1, 0.15) is 0 Å². The van der Waals surface area contributed by atoms with Crippen LogP contribution >= 0.6 is 23.4 Å². The molecular weight excluding hydrogens is 280 g/mol. The molecule has 1 amide bonds. The van der Waals surface area contributed by atoms with E-state index in [0.717, 1.165) is 21.0 Å². The highest BCUT2D eigenvalue weighted by Gasteiger charge is 2.19. The molecule has 19 heavy (non-hydrogen) atoms. The Morgan fingerprint density at radius 3 is 2.68 bits per heavy atom. The molecule has 3 nitrogen and oxygen atoms in total. The number of amides is 1. The molecule has 0 atom stereocenters. The molecule has 5 heteroatoms. The van der Waals surface area contributed by atoms with Crippen LogP contribution in [-0.2, 0) is 11.2 Å². The minimum atomic E-state index is 0.0167. The van der Waals surface area contributed by atoms with Crippen molar-refractivity contribution in [3.05, 3.63) is 47.0 Å². The number of hydrogen-bond acceptors (Lipinski definition) is 3. The molecule has 96 valence electrons. The normalized spacial score (nSPS) is 13.2. The van der Waals surface area contributed by atoms with E-state index in [9.17, 15) is 4.79 Å². The molecule has 0 unspecified atom stereocenters. The Labute approximate surface area is 120 Å². The summed E-state index contributed by atoms with van der Waals surface area (Å²) in [6.07, 6.45) is 0.408. The number of anilines is 2. The Morgan fingerprint density at radius 1 is 1.21 bits per heavy atom. The fourth-order valence-corrected chi connectivity index (χ4v) is 3.00. The third-order valence-electron chi connectivity index (χ3n) is 2.90. The van der Waals surface area contributed by atoms with Crippen molar-refractivity contribution >= 4 is 40.6 Å². The first-order chi connectivity index (χ1) is 9.11. The number of nitrogens with one attached hydrogen (secondary N) is 1. The zero-order valence-corrected chi connectivity index (χ0v) is 11.5. The van der Waals surface area contributed by atoms with Gasteiger partial charge in [-0.15, -0.1) is 0 Å². The van der Waals surface area contributed by atoms with Crippen LogP contribution in [0.1, 0.15) is 5.56 Å². The summed E-state index contributed by atoms with van der Waals surface area (Å²) in [6.45, 7) is 0. The van der Waals surface area contributed by atoms with Crippen molar-refractivity contribution in [3.8, 4) is 0 Å². The standard InChI is InChI=1S/C14H11ClN2OS/c15-9-1-3-10(4-2-9)19-13-7-12-8(5-11(13)16)6-14(18)17-12/h1-5,7H,6,16H2,(H,17,18). The lowest BCUT2D eigenvalue weighted by Gasteiger charge is -2.08. The van der Waals surface area contributed by atoms with Gasteiger partial charge in [0.25, 0.3) is 0 Å². The molecule has 0 bridgehead atoms. The van der Waals surface area contributed by atoms with E-state index in [1.807, 2.05) is 36.4 Å². The van der Waals surface area contributed by atoms with E-state index in [2.05, 4.69) is 5.32 Å². The van der Waals surface area contributed by atoms with Crippen molar-refractivity contribution in [2.24, 2.45) is 0 Å². The van der Waals surface area contributed by atoms with Crippen LogP contribution in [0.5, 0.6) is 0 Å². The van der Waals surface area contributed by atoms with Gasteiger partial charge in [0, 0.05) is 26.2 Å². The zero-order valence-electron chi connectivity index (χ0n) is 9.94. The second-order valence-electron chi connectivity index (χ2n) is 4.33. The summed E-state index contributed by atoms with van der Waals surface area (Å²) >= 11 is 7.41.